The highest BCUT2D eigenvalue weighted by Crippen LogP contribution is 2.52. The smallest absolute Gasteiger partial charge is 0.304 e. The average molecular weight is 581 g/mol. The molecule has 1 aliphatic carbocycles. The van der Waals surface area contributed by atoms with Gasteiger partial charge in [-0.3, -0.25) is 9.59 Å². The molecule has 38 heavy (non-hydrogen) atoms. The van der Waals surface area contributed by atoms with Gasteiger partial charge < -0.3 is 10.0 Å². The average Bonchev–Trinajstić information content (AvgIpc) is 3.65. The van der Waals surface area contributed by atoms with E-state index in [0.717, 1.165) is 24.0 Å². The van der Waals surface area contributed by atoms with E-state index in [0.29, 0.717) is 29.3 Å². The third kappa shape index (κ3) is 6.72. The van der Waals surface area contributed by atoms with Gasteiger partial charge in [-0.05, 0) is 73.4 Å². The van der Waals surface area contributed by atoms with Crippen LogP contribution in [0, 0.1) is 11.3 Å². The molecule has 2 fully saturated rings. The number of hydrogen-bond donors (Lipinski definition) is 1. The van der Waals surface area contributed by atoms with E-state index < -0.39 is 27.3 Å². The largest absolute Gasteiger partial charge is 0.481 e. The highest BCUT2D eigenvalue weighted by molar-refractivity contribution is 7.91. The molecule has 0 aromatic heterocycles. The van der Waals surface area contributed by atoms with Crippen molar-refractivity contribution in [3.63, 3.8) is 0 Å². The second-order valence-corrected chi connectivity index (χ2v) is 14.2. The van der Waals surface area contributed by atoms with Crippen LogP contribution < -0.4 is 0 Å². The number of carboxylic acids is 1. The zero-order chi connectivity index (χ0) is 27.7. The molecule has 206 valence electrons. The zero-order valence-corrected chi connectivity index (χ0v) is 24.1. The van der Waals surface area contributed by atoms with Crippen molar-refractivity contribution < 1.29 is 23.1 Å². The van der Waals surface area contributed by atoms with E-state index in [1.165, 1.54) is 0 Å². The van der Waals surface area contributed by atoms with Gasteiger partial charge in [-0.1, -0.05) is 61.3 Å². The Kier molecular flexibility index (Phi) is 8.80. The Morgan fingerprint density at radius 2 is 1.79 bits per heavy atom. The van der Waals surface area contributed by atoms with E-state index in [1.54, 1.807) is 30.0 Å². The molecule has 6 nitrogen and oxygen atoms in total. The molecule has 2 aromatic carbocycles. The summed E-state index contributed by atoms with van der Waals surface area (Å²) < 4.78 is 25.7. The number of sulfone groups is 1. The maximum Gasteiger partial charge on any atom is 0.304 e. The first-order valence-electron chi connectivity index (χ1n) is 13.2. The van der Waals surface area contributed by atoms with Crippen LogP contribution in [-0.2, 0) is 19.4 Å². The van der Waals surface area contributed by atoms with Gasteiger partial charge >= 0.3 is 5.97 Å². The molecule has 2 aliphatic rings. The maximum absolute atomic E-state index is 14.3. The third-order valence-corrected chi connectivity index (χ3v) is 10.3. The number of carbonyl (C=O) groups is 2. The summed E-state index contributed by atoms with van der Waals surface area (Å²) in [4.78, 5) is 28.0. The van der Waals surface area contributed by atoms with Gasteiger partial charge in [0.2, 0.25) is 5.91 Å². The predicted octanol–water partition coefficient (Wildman–Crippen LogP) is 6.53. The molecule has 0 spiro atoms. The number of hydrogen-bond acceptors (Lipinski definition) is 4. The Balaban J connectivity index is 1.80. The first-order chi connectivity index (χ1) is 17.9. The van der Waals surface area contributed by atoms with Crippen molar-refractivity contribution in [3.05, 3.63) is 69.7 Å². The lowest BCUT2D eigenvalue weighted by molar-refractivity contribution is -0.160. The molecule has 4 atom stereocenters. The van der Waals surface area contributed by atoms with E-state index in [9.17, 15) is 23.1 Å². The monoisotopic (exact) mass is 579 g/mol. The summed E-state index contributed by atoms with van der Waals surface area (Å²) in [5.74, 6) is -1.12. The standard InChI is InChI=1S/C29H35Cl2NO5S/c1-3-24(13-14-38(36,37)18-19-7-8-19)32-27(20-9-11-22(30)12-10-20)25(21-5-4-6-23(31)15-21)16-29(2,28(32)35)17-26(33)34/h4-6,9-12,15,19,24-25,27H,3,7-8,13-14,16-18H2,1-2H3,(H,33,34)/t24-,25+,27+,29+/m0/s1. The van der Waals surface area contributed by atoms with Gasteiger partial charge in [-0.25, -0.2) is 8.42 Å². The first-order valence-corrected chi connectivity index (χ1v) is 15.8. The molecule has 0 bridgehead atoms. The number of carbonyl (C=O) groups excluding carboxylic acids is 1. The predicted molar refractivity (Wildman–Crippen MR) is 150 cm³/mol. The number of benzene rings is 2. The van der Waals surface area contributed by atoms with E-state index in [2.05, 4.69) is 0 Å². The topological polar surface area (TPSA) is 91.8 Å². The molecule has 1 N–H and O–H groups in total. The summed E-state index contributed by atoms with van der Waals surface area (Å²) in [6.45, 7) is 3.66. The number of halogens is 2. The number of rotatable bonds is 11. The van der Waals surface area contributed by atoms with Crippen molar-refractivity contribution in [2.75, 3.05) is 11.5 Å². The molecule has 1 saturated carbocycles. The minimum atomic E-state index is -3.25. The Bertz CT molecular complexity index is 1280. The lowest BCUT2D eigenvalue weighted by Crippen LogP contribution is -2.56. The van der Waals surface area contributed by atoms with Crippen LogP contribution in [-0.4, -0.2) is 47.8 Å². The van der Waals surface area contributed by atoms with E-state index in [-0.39, 0.29) is 41.7 Å². The highest BCUT2D eigenvalue weighted by Gasteiger charge is 2.52. The van der Waals surface area contributed by atoms with Crippen molar-refractivity contribution in [1.82, 2.24) is 4.90 Å². The summed E-state index contributed by atoms with van der Waals surface area (Å²) in [6, 6.07) is 14.0. The number of likely N-dealkylation sites (tertiary alicyclic amines) is 1. The van der Waals surface area contributed by atoms with Crippen molar-refractivity contribution >= 4 is 44.9 Å². The fourth-order valence-electron chi connectivity index (χ4n) is 5.86. The first kappa shape index (κ1) is 28.9. The Labute approximate surface area is 235 Å². The minimum Gasteiger partial charge on any atom is -0.481 e. The lowest BCUT2D eigenvalue weighted by atomic mass is 9.67. The van der Waals surface area contributed by atoms with Crippen LogP contribution >= 0.6 is 23.2 Å². The molecular formula is C29H35Cl2NO5S. The van der Waals surface area contributed by atoms with Crippen LogP contribution in [0.5, 0.6) is 0 Å². The van der Waals surface area contributed by atoms with E-state index >= 15 is 0 Å². The third-order valence-electron chi connectivity index (χ3n) is 7.95. The molecular weight excluding hydrogens is 545 g/mol. The second-order valence-electron chi connectivity index (χ2n) is 11.1. The quantitative estimate of drug-likeness (QED) is 0.327. The molecule has 1 aliphatic heterocycles. The number of amides is 1. The van der Waals surface area contributed by atoms with Gasteiger partial charge in [0, 0.05) is 22.0 Å². The SMILES string of the molecule is CC[C@@H](CCS(=O)(=O)CC1CC1)N1C(=O)[C@@](C)(CC(=O)O)C[C@H](c2cccc(Cl)c2)[C@H]1c1ccc(Cl)cc1. The van der Waals surface area contributed by atoms with Crippen LogP contribution in [0.15, 0.2) is 48.5 Å². The molecule has 0 unspecified atom stereocenters. The van der Waals surface area contributed by atoms with Gasteiger partial charge in [-0.2, -0.15) is 0 Å². The number of carboxylic acid groups (broad SMARTS) is 1. The van der Waals surface area contributed by atoms with Crippen molar-refractivity contribution in [3.8, 4) is 0 Å². The maximum atomic E-state index is 14.3. The Hall–Kier alpha value is -2.09. The molecule has 4 rings (SSSR count). The van der Waals surface area contributed by atoms with E-state index in [1.807, 2.05) is 37.3 Å². The van der Waals surface area contributed by atoms with Crippen LogP contribution in [0.25, 0.3) is 0 Å². The van der Waals surface area contributed by atoms with Crippen LogP contribution in [0.2, 0.25) is 10.0 Å². The summed E-state index contributed by atoms with van der Waals surface area (Å²) in [7, 11) is -3.25. The molecule has 1 amide bonds. The summed E-state index contributed by atoms with van der Waals surface area (Å²) in [5.41, 5.74) is 0.606. The normalized spacial score (nSPS) is 24.8. The van der Waals surface area contributed by atoms with Gasteiger partial charge in [0.05, 0.1) is 29.4 Å². The van der Waals surface area contributed by atoms with Gasteiger partial charge in [-0.15, -0.1) is 0 Å². The summed E-state index contributed by atoms with van der Waals surface area (Å²) in [6.07, 6.45) is 2.75. The molecule has 1 heterocycles. The zero-order valence-electron chi connectivity index (χ0n) is 21.8. The van der Waals surface area contributed by atoms with Gasteiger partial charge in [0.25, 0.3) is 0 Å². The van der Waals surface area contributed by atoms with Crippen LogP contribution in [0.1, 0.15) is 75.5 Å². The summed E-state index contributed by atoms with van der Waals surface area (Å²) >= 11 is 12.6. The number of nitrogens with zero attached hydrogens (tertiary/aromatic N) is 1. The van der Waals surface area contributed by atoms with Crippen molar-refractivity contribution in [2.45, 2.75) is 70.4 Å². The molecule has 9 heteroatoms. The minimum absolute atomic E-state index is 0.00337. The highest BCUT2D eigenvalue weighted by atomic mass is 35.5. The van der Waals surface area contributed by atoms with Crippen LogP contribution in [0.4, 0.5) is 0 Å². The lowest BCUT2D eigenvalue weighted by Gasteiger charge is -2.52. The molecule has 2 aromatic rings. The van der Waals surface area contributed by atoms with Gasteiger partial charge in [0.1, 0.15) is 0 Å². The Morgan fingerprint density at radius 1 is 1.11 bits per heavy atom. The summed E-state index contributed by atoms with van der Waals surface area (Å²) in [5, 5.41) is 10.9. The fourth-order valence-corrected chi connectivity index (χ4v) is 8.04. The van der Waals surface area contributed by atoms with Crippen molar-refractivity contribution in [2.24, 2.45) is 11.3 Å². The molecule has 0 radical (unpaired) electrons. The van der Waals surface area contributed by atoms with Crippen molar-refractivity contribution in [1.29, 1.82) is 0 Å². The van der Waals surface area contributed by atoms with E-state index in [4.69, 9.17) is 23.2 Å². The number of aliphatic carboxylic acids is 1. The Morgan fingerprint density at radius 3 is 2.37 bits per heavy atom. The van der Waals surface area contributed by atoms with Crippen LogP contribution in [0.3, 0.4) is 0 Å². The fraction of sp³-hybridized carbons (Fsp3) is 0.517. The molecule has 1 saturated heterocycles. The second kappa shape index (κ2) is 11.6. The number of piperidine rings is 1. The van der Waals surface area contributed by atoms with Gasteiger partial charge in [0.15, 0.2) is 9.84 Å².